The Labute approximate surface area is 97.0 Å². The molecule has 1 aromatic carbocycles. The zero-order chi connectivity index (χ0) is 12.4. The molecule has 0 saturated carbocycles. The Morgan fingerprint density at radius 1 is 1.31 bits per heavy atom. The Morgan fingerprint density at radius 3 is 2.50 bits per heavy atom. The second-order valence-electron chi connectivity index (χ2n) is 2.64. The highest BCUT2D eigenvalue weighted by Crippen LogP contribution is 2.27. The summed E-state index contributed by atoms with van der Waals surface area (Å²) in [6.07, 6.45) is 5.07. The Kier molecular flexibility index (Phi) is 7.74. The SMILES string of the molecule is C#CCOc1ccc(CO)cc1OC.CC. The van der Waals surface area contributed by atoms with Gasteiger partial charge in [-0.15, -0.1) is 6.42 Å². The van der Waals surface area contributed by atoms with E-state index in [0.717, 1.165) is 5.56 Å². The molecule has 0 aliphatic heterocycles. The summed E-state index contributed by atoms with van der Waals surface area (Å²) in [6, 6.07) is 5.20. The summed E-state index contributed by atoms with van der Waals surface area (Å²) in [5, 5.41) is 8.90. The van der Waals surface area contributed by atoms with Crippen molar-refractivity contribution in [2.45, 2.75) is 20.5 Å². The molecular formula is C13H18O3. The first kappa shape index (κ1) is 14.3. The maximum Gasteiger partial charge on any atom is 0.162 e. The summed E-state index contributed by atoms with van der Waals surface area (Å²) >= 11 is 0. The Balaban J connectivity index is 0.00000106. The molecule has 3 heteroatoms. The normalized spacial score (nSPS) is 8.44. The van der Waals surface area contributed by atoms with Crippen LogP contribution in [0.25, 0.3) is 0 Å². The van der Waals surface area contributed by atoms with Crippen molar-refractivity contribution in [2.75, 3.05) is 13.7 Å². The van der Waals surface area contributed by atoms with E-state index in [4.69, 9.17) is 21.0 Å². The molecule has 1 rings (SSSR count). The van der Waals surface area contributed by atoms with Gasteiger partial charge in [0.1, 0.15) is 6.61 Å². The average molecular weight is 222 g/mol. The van der Waals surface area contributed by atoms with Crippen LogP contribution in [0.5, 0.6) is 11.5 Å². The Morgan fingerprint density at radius 2 is 2.00 bits per heavy atom. The van der Waals surface area contributed by atoms with Crippen molar-refractivity contribution in [3.8, 4) is 23.8 Å². The van der Waals surface area contributed by atoms with E-state index in [-0.39, 0.29) is 13.2 Å². The van der Waals surface area contributed by atoms with E-state index in [9.17, 15) is 0 Å². The Bertz CT molecular complexity index is 340. The van der Waals surface area contributed by atoms with Gasteiger partial charge in [0.05, 0.1) is 13.7 Å². The van der Waals surface area contributed by atoms with Gasteiger partial charge in [0.15, 0.2) is 11.5 Å². The van der Waals surface area contributed by atoms with Gasteiger partial charge in [0.2, 0.25) is 0 Å². The van der Waals surface area contributed by atoms with Crippen molar-refractivity contribution in [3.05, 3.63) is 23.8 Å². The quantitative estimate of drug-likeness (QED) is 0.794. The number of hydrogen-bond donors (Lipinski definition) is 1. The van der Waals surface area contributed by atoms with Crippen LogP contribution in [0.4, 0.5) is 0 Å². The third-order valence-electron chi connectivity index (χ3n) is 1.72. The third-order valence-corrected chi connectivity index (χ3v) is 1.72. The summed E-state index contributed by atoms with van der Waals surface area (Å²) in [4.78, 5) is 0. The molecule has 0 unspecified atom stereocenters. The van der Waals surface area contributed by atoms with Crippen LogP contribution >= 0.6 is 0 Å². The zero-order valence-corrected chi connectivity index (χ0v) is 9.99. The third kappa shape index (κ3) is 4.24. The van der Waals surface area contributed by atoms with Gasteiger partial charge in [-0.2, -0.15) is 0 Å². The van der Waals surface area contributed by atoms with Crippen LogP contribution in [0.1, 0.15) is 19.4 Å². The molecule has 0 saturated heterocycles. The maximum absolute atomic E-state index is 8.90. The molecule has 0 atom stereocenters. The van der Waals surface area contributed by atoms with E-state index in [2.05, 4.69) is 5.92 Å². The summed E-state index contributed by atoms with van der Waals surface area (Å²) in [5.74, 6) is 3.53. The predicted octanol–water partition coefficient (Wildman–Crippen LogP) is 2.23. The molecule has 0 fully saturated rings. The Hall–Kier alpha value is -1.66. The summed E-state index contributed by atoms with van der Waals surface area (Å²) in [6.45, 7) is 4.18. The second kappa shape index (κ2) is 8.63. The number of aliphatic hydroxyl groups excluding tert-OH is 1. The highest BCUT2D eigenvalue weighted by atomic mass is 16.5. The van der Waals surface area contributed by atoms with Gasteiger partial charge in [0, 0.05) is 0 Å². The van der Waals surface area contributed by atoms with Crippen molar-refractivity contribution in [3.63, 3.8) is 0 Å². The van der Waals surface area contributed by atoms with Crippen molar-refractivity contribution >= 4 is 0 Å². The van der Waals surface area contributed by atoms with Crippen LogP contribution in [0, 0.1) is 12.3 Å². The van der Waals surface area contributed by atoms with Gasteiger partial charge in [-0.1, -0.05) is 25.8 Å². The smallest absolute Gasteiger partial charge is 0.162 e. The van der Waals surface area contributed by atoms with Crippen LogP contribution in [-0.4, -0.2) is 18.8 Å². The first-order valence-electron chi connectivity index (χ1n) is 5.16. The minimum Gasteiger partial charge on any atom is -0.493 e. The average Bonchev–Trinajstić information content (AvgIpc) is 2.38. The number of rotatable bonds is 4. The lowest BCUT2D eigenvalue weighted by molar-refractivity contribution is 0.279. The van der Waals surface area contributed by atoms with E-state index in [0.29, 0.717) is 11.5 Å². The minimum absolute atomic E-state index is 0.0220. The summed E-state index contributed by atoms with van der Waals surface area (Å²) < 4.78 is 10.3. The maximum atomic E-state index is 8.90. The molecule has 0 aliphatic carbocycles. The topological polar surface area (TPSA) is 38.7 Å². The van der Waals surface area contributed by atoms with E-state index >= 15 is 0 Å². The van der Waals surface area contributed by atoms with Gasteiger partial charge in [-0.3, -0.25) is 0 Å². The van der Waals surface area contributed by atoms with E-state index in [1.807, 2.05) is 13.8 Å². The van der Waals surface area contributed by atoms with Crippen LogP contribution in [0.3, 0.4) is 0 Å². The zero-order valence-electron chi connectivity index (χ0n) is 9.99. The van der Waals surface area contributed by atoms with E-state index in [1.165, 1.54) is 0 Å². The number of terminal acetylenes is 1. The number of methoxy groups -OCH3 is 1. The van der Waals surface area contributed by atoms with Gasteiger partial charge >= 0.3 is 0 Å². The second-order valence-corrected chi connectivity index (χ2v) is 2.64. The lowest BCUT2D eigenvalue weighted by Crippen LogP contribution is -1.97. The minimum atomic E-state index is -0.0220. The van der Waals surface area contributed by atoms with E-state index in [1.54, 1.807) is 25.3 Å². The standard InChI is InChI=1S/C11H12O3.C2H6/c1-3-6-14-10-5-4-9(8-12)7-11(10)13-2;1-2/h1,4-5,7,12H,6,8H2,2H3;1-2H3. The number of ether oxygens (including phenoxy) is 2. The molecule has 1 aromatic rings. The van der Waals surface area contributed by atoms with Crippen molar-refractivity contribution < 1.29 is 14.6 Å². The predicted molar refractivity (Wildman–Crippen MR) is 64.6 cm³/mol. The monoisotopic (exact) mass is 222 g/mol. The molecule has 0 radical (unpaired) electrons. The fourth-order valence-electron chi connectivity index (χ4n) is 1.05. The van der Waals surface area contributed by atoms with Crippen LogP contribution in [-0.2, 0) is 6.61 Å². The molecule has 3 nitrogen and oxygen atoms in total. The molecule has 1 N–H and O–H groups in total. The van der Waals surface area contributed by atoms with Crippen LogP contribution in [0.15, 0.2) is 18.2 Å². The molecule has 0 spiro atoms. The van der Waals surface area contributed by atoms with Gasteiger partial charge in [0.25, 0.3) is 0 Å². The number of benzene rings is 1. The highest BCUT2D eigenvalue weighted by molar-refractivity contribution is 5.42. The van der Waals surface area contributed by atoms with Gasteiger partial charge < -0.3 is 14.6 Å². The molecule has 88 valence electrons. The van der Waals surface area contributed by atoms with Crippen molar-refractivity contribution in [2.24, 2.45) is 0 Å². The fraction of sp³-hybridized carbons (Fsp3) is 0.385. The molecule has 0 heterocycles. The van der Waals surface area contributed by atoms with Crippen molar-refractivity contribution in [1.29, 1.82) is 0 Å². The molecule has 0 aliphatic rings. The van der Waals surface area contributed by atoms with Crippen molar-refractivity contribution in [1.82, 2.24) is 0 Å². The van der Waals surface area contributed by atoms with Crippen LogP contribution < -0.4 is 9.47 Å². The number of hydrogen-bond acceptors (Lipinski definition) is 3. The summed E-state index contributed by atoms with van der Waals surface area (Å²) in [7, 11) is 1.54. The first-order chi connectivity index (χ1) is 7.81. The van der Waals surface area contributed by atoms with Gasteiger partial charge in [-0.25, -0.2) is 0 Å². The largest absolute Gasteiger partial charge is 0.493 e. The van der Waals surface area contributed by atoms with Crippen LogP contribution in [0.2, 0.25) is 0 Å². The molecule has 0 aromatic heterocycles. The van der Waals surface area contributed by atoms with Gasteiger partial charge in [-0.05, 0) is 17.7 Å². The molecular weight excluding hydrogens is 204 g/mol. The highest BCUT2D eigenvalue weighted by Gasteiger charge is 2.04. The first-order valence-corrected chi connectivity index (χ1v) is 5.16. The number of aliphatic hydroxyl groups is 1. The van der Waals surface area contributed by atoms with E-state index < -0.39 is 0 Å². The fourth-order valence-corrected chi connectivity index (χ4v) is 1.05. The molecule has 16 heavy (non-hydrogen) atoms. The lowest BCUT2D eigenvalue weighted by Gasteiger charge is -2.09. The lowest BCUT2D eigenvalue weighted by atomic mass is 10.2. The summed E-state index contributed by atoms with van der Waals surface area (Å²) in [5.41, 5.74) is 0.773. The molecule has 0 bridgehead atoms. The molecule has 0 amide bonds.